The largest absolute Gasteiger partial charge is 0.469 e. The number of methoxy groups -OCH3 is 1. The molecular weight excluding hydrogens is 356 g/mol. The van der Waals surface area contributed by atoms with Crippen molar-refractivity contribution in [3.05, 3.63) is 0 Å². The molecule has 156 valence electrons. The monoisotopic (exact) mass is 390 g/mol. The van der Waals surface area contributed by atoms with Gasteiger partial charge in [-0.1, -0.05) is 13.8 Å². The van der Waals surface area contributed by atoms with Crippen LogP contribution in [0.2, 0.25) is 0 Å². The Labute approximate surface area is 167 Å². The molecule has 28 heavy (non-hydrogen) atoms. The molecular formula is C23H34O5. The minimum Gasteiger partial charge on any atom is -0.469 e. The number of ether oxygens (including phenoxy) is 2. The third kappa shape index (κ3) is 2.83. The predicted octanol–water partition coefficient (Wildman–Crippen LogP) is 3.93. The summed E-state index contributed by atoms with van der Waals surface area (Å²) in [6.45, 7) is 5.95. The van der Waals surface area contributed by atoms with Gasteiger partial charge in [-0.3, -0.25) is 14.4 Å². The van der Waals surface area contributed by atoms with E-state index in [1.165, 1.54) is 14.0 Å². The number of Topliss-reactive ketones (excluding diaryl/α,β-unsaturated/α-hetero) is 1. The van der Waals surface area contributed by atoms with E-state index in [0.29, 0.717) is 30.0 Å². The molecule has 0 unspecified atom stereocenters. The zero-order valence-electron chi connectivity index (χ0n) is 17.7. The normalized spacial score (nSPS) is 47.5. The van der Waals surface area contributed by atoms with E-state index in [1.807, 2.05) is 0 Å². The first kappa shape index (κ1) is 19.9. The van der Waals surface area contributed by atoms with Gasteiger partial charge in [0.25, 0.3) is 0 Å². The highest BCUT2D eigenvalue weighted by molar-refractivity contribution is 5.86. The van der Waals surface area contributed by atoms with Gasteiger partial charge in [0.05, 0.1) is 13.0 Å². The maximum absolute atomic E-state index is 13.5. The summed E-state index contributed by atoms with van der Waals surface area (Å²) in [5.41, 5.74) is -0.245. The molecule has 5 nitrogen and oxygen atoms in total. The molecule has 4 rings (SSSR count). The summed E-state index contributed by atoms with van der Waals surface area (Å²) in [6.07, 6.45) is 7.23. The summed E-state index contributed by atoms with van der Waals surface area (Å²) in [5, 5.41) is 0. The van der Waals surface area contributed by atoms with Crippen molar-refractivity contribution in [3.8, 4) is 0 Å². The number of rotatable bonds is 2. The second-order valence-electron chi connectivity index (χ2n) is 10.3. The van der Waals surface area contributed by atoms with Crippen LogP contribution in [0.4, 0.5) is 0 Å². The van der Waals surface area contributed by atoms with Crippen molar-refractivity contribution in [3.63, 3.8) is 0 Å². The Morgan fingerprint density at radius 3 is 2.46 bits per heavy atom. The molecule has 0 N–H and O–H groups in total. The molecule has 0 aliphatic heterocycles. The first-order chi connectivity index (χ1) is 13.2. The van der Waals surface area contributed by atoms with Crippen molar-refractivity contribution in [1.82, 2.24) is 0 Å². The Hall–Kier alpha value is -1.39. The van der Waals surface area contributed by atoms with Gasteiger partial charge in [0.1, 0.15) is 11.9 Å². The Morgan fingerprint density at radius 2 is 1.79 bits per heavy atom. The van der Waals surface area contributed by atoms with Gasteiger partial charge in [0, 0.05) is 19.3 Å². The molecule has 0 amide bonds. The second-order valence-corrected chi connectivity index (χ2v) is 10.3. The van der Waals surface area contributed by atoms with Crippen molar-refractivity contribution < 1.29 is 23.9 Å². The summed E-state index contributed by atoms with van der Waals surface area (Å²) >= 11 is 0. The van der Waals surface area contributed by atoms with E-state index >= 15 is 0 Å². The van der Waals surface area contributed by atoms with Gasteiger partial charge in [0.2, 0.25) is 0 Å². The van der Waals surface area contributed by atoms with Crippen LogP contribution in [0.25, 0.3) is 0 Å². The summed E-state index contributed by atoms with van der Waals surface area (Å²) in [6, 6.07) is 0. The van der Waals surface area contributed by atoms with Crippen LogP contribution in [0.5, 0.6) is 0 Å². The van der Waals surface area contributed by atoms with Crippen LogP contribution in [0.3, 0.4) is 0 Å². The molecule has 0 bridgehead atoms. The van der Waals surface area contributed by atoms with Gasteiger partial charge >= 0.3 is 11.9 Å². The molecule has 0 heterocycles. The van der Waals surface area contributed by atoms with Gasteiger partial charge in [-0.2, -0.15) is 0 Å². The molecule has 0 aromatic carbocycles. The lowest BCUT2D eigenvalue weighted by molar-refractivity contribution is -0.172. The lowest BCUT2D eigenvalue weighted by Gasteiger charge is -2.59. The van der Waals surface area contributed by atoms with Gasteiger partial charge in [0.15, 0.2) is 0 Å². The van der Waals surface area contributed by atoms with Crippen LogP contribution in [-0.2, 0) is 23.9 Å². The van der Waals surface area contributed by atoms with E-state index in [-0.39, 0.29) is 40.7 Å². The minimum atomic E-state index is -0.247. The number of hydrogen-bond acceptors (Lipinski definition) is 5. The van der Waals surface area contributed by atoms with E-state index in [1.54, 1.807) is 0 Å². The van der Waals surface area contributed by atoms with Crippen molar-refractivity contribution in [1.29, 1.82) is 0 Å². The molecule has 8 atom stereocenters. The highest BCUT2D eigenvalue weighted by atomic mass is 16.5. The van der Waals surface area contributed by atoms with E-state index in [2.05, 4.69) is 13.8 Å². The average molecular weight is 391 g/mol. The first-order valence-corrected chi connectivity index (χ1v) is 11.0. The fraction of sp³-hybridized carbons (Fsp3) is 0.870. The van der Waals surface area contributed by atoms with Crippen LogP contribution in [0.1, 0.15) is 72.1 Å². The van der Waals surface area contributed by atoms with E-state index in [9.17, 15) is 14.4 Å². The fourth-order valence-corrected chi connectivity index (χ4v) is 7.90. The maximum atomic E-state index is 13.5. The molecule has 0 spiro atoms. The quantitative estimate of drug-likeness (QED) is 0.668. The van der Waals surface area contributed by atoms with Crippen molar-refractivity contribution in [2.24, 2.45) is 40.4 Å². The highest BCUT2D eigenvalue weighted by Crippen LogP contribution is 2.66. The molecule has 4 aliphatic rings. The number of carbonyl (C=O) groups excluding carboxylic acids is 3. The highest BCUT2D eigenvalue weighted by Gasteiger charge is 2.64. The lowest BCUT2D eigenvalue weighted by atomic mass is 9.44. The van der Waals surface area contributed by atoms with Crippen LogP contribution in [0.15, 0.2) is 0 Å². The molecule has 4 fully saturated rings. The second kappa shape index (κ2) is 6.84. The SMILES string of the molecule is COC(=O)[C@H]1CC[C@H]2[C@@H]3CC[C@H]4C[C@@H](OC(C)=O)CC[C@]4(C)[C@H]3C(=O)C[C@]12C. The number of fused-ring (bicyclic) bond motifs is 5. The van der Waals surface area contributed by atoms with Crippen molar-refractivity contribution >= 4 is 17.7 Å². The third-order valence-corrected chi connectivity index (χ3v) is 9.12. The standard InChI is InChI=1S/C23H34O5/c1-13(24)28-15-9-10-22(2)14(11-15)5-6-16-17-7-8-18(21(26)27-4)23(17,3)12-19(25)20(16)22/h14-18,20H,5-12H2,1-4H3/t14-,15-,16-,17-,18+,20+,22-,23-/m0/s1. The first-order valence-electron chi connectivity index (χ1n) is 11.0. The van der Waals surface area contributed by atoms with Gasteiger partial charge in [-0.25, -0.2) is 0 Å². The number of carbonyl (C=O) groups is 3. The van der Waals surface area contributed by atoms with Gasteiger partial charge < -0.3 is 9.47 Å². The summed E-state index contributed by atoms with van der Waals surface area (Å²) in [4.78, 5) is 37.3. The van der Waals surface area contributed by atoms with Gasteiger partial charge in [-0.15, -0.1) is 0 Å². The fourth-order valence-electron chi connectivity index (χ4n) is 7.90. The Balaban J connectivity index is 1.59. The van der Waals surface area contributed by atoms with Gasteiger partial charge in [-0.05, 0) is 73.5 Å². The smallest absolute Gasteiger partial charge is 0.309 e. The van der Waals surface area contributed by atoms with Crippen LogP contribution >= 0.6 is 0 Å². The minimum absolute atomic E-state index is 0.00132. The zero-order valence-corrected chi connectivity index (χ0v) is 17.7. The molecule has 4 saturated carbocycles. The maximum Gasteiger partial charge on any atom is 0.309 e. The number of esters is 2. The van der Waals surface area contributed by atoms with Crippen molar-refractivity contribution in [2.75, 3.05) is 7.11 Å². The third-order valence-electron chi connectivity index (χ3n) is 9.12. The topological polar surface area (TPSA) is 69.7 Å². The Bertz CT molecular complexity index is 686. The molecule has 0 radical (unpaired) electrons. The molecule has 4 aliphatic carbocycles. The van der Waals surface area contributed by atoms with Crippen LogP contribution in [0, 0.1) is 40.4 Å². The van der Waals surface area contributed by atoms with E-state index in [4.69, 9.17) is 9.47 Å². The summed E-state index contributed by atoms with van der Waals surface area (Å²) in [7, 11) is 1.46. The molecule has 0 saturated heterocycles. The molecule has 0 aromatic rings. The average Bonchev–Trinajstić information content (AvgIpc) is 2.97. The summed E-state index contributed by atoms with van der Waals surface area (Å²) < 4.78 is 10.6. The number of ketones is 1. The Morgan fingerprint density at radius 1 is 1.04 bits per heavy atom. The van der Waals surface area contributed by atoms with Crippen LogP contribution < -0.4 is 0 Å². The van der Waals surface area contributed by atoms with Crippen LogP contribution in [-0.4, -0.2) is 30.9 Å². The molecule has 5 heteroatoms. The predicted molar refractivity (Wildman–Crippen MR) is 103 cm³/mol. The van der Waals surface area contributed by atoms with Crippen molar-refractivity contribution in [2.45, 2.75) is 78.2 Å². The zero-order chi connectivity index (χ0) is 20.3. The Kier molecular flexibility index (Phi) is 4.86. The summed E-state index contributed by atoms with van der Waals surface area (Å²) in [5.74, 6) is 1.23. The van der Waals surface area contributed by atoms with E-state index in [0.717, 1.165) is 44.9 Å². The van der Waals surface area contributed by atoms with E-state index < -0.39 is 0 Å². The lowest BCUT2D eigenvalue weighted by Crippen LogP contribution is -2.58. The number of hydrogen-bond donors (Lipinski definition) is 0. The molecule has 0 aromatic heterocycles.